The van der Waals surface area contributed by atoms with Crippen LogP contribution >= 0.6 is 0 Å². The van der Waals surface area contributed by atoms with E-state index in [0.717, 1.165) is 5.56 Å². The molecule has 0 aliphatic carbocycles. The third-order valence-corrected chi connectivity index (χ3v) is 3.60. The first-order chi connectivity index (χ1) is 5.70. The summed E-state index contributed by atoms with van der Waals surface area (Å²) in [6.45, 7) is 0. The van der Waals surface area contributed by atoms with Crippen LogP contribution in [0.25, 0.3) is 0 Å². The van der Waals surface area contributed by atoms with Crippen LogP contribution in [-0.2, 0) is 9.84 Å². The number of hydrogen-bond acceptors (Lipinski definition) is 2. The van der Waals surface area contributed by atoms with Crippen LogP contribution in [0.15, 0.2) is 41.8 Å². The third kappa shape index (κ3) is 1.06. The molecule has 0 N–H and O–H groups in total. The molecule has 3 heteroatoms. The predicted octanol–water partition coefficient (Wildman–Crippen LogP) is 1.67. The lowest BCUT2D eigenvalue weighted by atomic mass is 10.1. The second kappa shape index (κ2) is 2.45. The molecule has 0 amide bonds. The Hall–Kier alpha value is -1.09. The predicted molar refractivity (Wildman–Crippen MR) is 47.2 cm³/mol. The molecule has 0 spiro atoms. The number of hydrogen-bond donors (Lipinski definition) is 0. The van der Waals surface area contributed by atoms with Gasteiger partial charge in [-0.3, -0.25) is 0 Å². The minimum Gasteiger partial charge on any atom is -0.223 e. The zero-order valence-electron chi connectivity index (χ0n) is 6.34. The topological polar surface area (TPSA) is 34.1 Å². The molecule has 0 radical (unpaired) electrons. The van der Waals surface area contributed by atoms with Crippen LogP contribution in [0.4, 0.5) is 0 Å². The van der Waals surface area contributed by atoms with Gasteiger partial charge in [0, 0.05) is 5.41 Å². The number of benzene rings is 1. The highest BCUT2D eigenvalue weighted by Gasteiger charge is 2.29. The van der Waals surface area contributed by atoms with E-state index in [1.165, 1.54) is 5.41 Å². The van der Waals surface area contributed by atoms with Crippen molar-refractivity contribution >= 4 is 9.84 Å². The zero-order valence-corrected chi connectivity index (χ0v) is 7.16. The minimum atomic E-state index is -2.96. The molecule has 62 valence electrons. The van der Waals surface area contributed by atoms with Gasteiger partial charge in [0.2, 0.25) is 0 Å². The van der Waals surface area contributed by atoms with E-state index in [-0.39, 0.29) is 0 Å². The molecule has 0 saturated carbocycles. The van der Waals surface area contributed by atoms with Crippen molar-refractivity contribution in [1.82, 2.24) is 0 Å². The lowest BCUT2D eigenvalue weighted by molar-refractivity contribution is 0.594. The molecule has 1 unspecified atom stereocenters. The Balaban J connectivity index is 2.42. The van der Waals surface area contributed by atoms with E-state index in [9.17, 15) is 8.42 Å². The average Bonchev–Trinajstić information content (AvgIpc) is 2.05. The molecule has 12 heavy (non-hydrogen) atoms. The normalized spacial score (nSPS) is 24.8. The van der Waals surface area contributed by atoms with E-state index >= 15 is 0 Å². The van der Waals surface area contributed by atoms with Crippen LogP contribution in [0.1, 0.15) is 10.8 Å². The molecule has 1 aliphatic rings. The molecular formula is C9H8O2S. The van der Waals surface area contributed by atoms with Crippen LogP contribution in [0.2, 0.25) is 0 Å². The summed E-state index contributed by atoms with van der Waals surface area (Å²) in [4.78, 5) is 0. The molecule has 2 nitrogen and oxygen atoms in total. The fraction of sp³-hybridized carbons (Fsp3) is 0.111. The summed E-state index contributed by atoms with van der Waals surface area (Å²) in [6.07, 6.45) is 1.70. The second-order valence-electron chi connectivity index (χ2n) is 2.75. The van der Waals surface area contributed by atoms with Crippen molar-refractivity contribution in [3.05, 3.63) is 47.4 Å². The van der Waals surface area contributed by atoms with Crippen molar-refractivity contribution in [2.45, 2.75) is 5.25 Å². The highest BCUT2D eigenvalue weighted by molar-refractivity contribution is 7.96. The molecular weight excluding hydrogens is 172 g/mol. The number of rotatable bonds is 1. The van der Waals surface area contributed by atoms with Crippen molar-refractivity contribution in [2.75, 3.05) is 0 Å². The zero-order chi connectivity index (χ0) is 8.60. The molecule has 0 fully saturated rings. The lowest BCUT2D eigenvalue weighted by Crippen LogP contribution is -2.15. The summed E-state index contributed by atoms with van der Waals surface area (Å²) in [5.41, 5.74) is 0.847. The summed E-state index contributed by atoms with van der Waals surface area (Å²) in [5, 5.41) is 0.851. The van der Waals surface area contributed by atoms with Gasteiger partial charge in [0.05, 0.1) is 0 Å². The van der Waals surface area contributed by atoms with Crippen LogP contribution in [0.3, 0.4) is 0 Å². The van der Waals surface area contributed by atoms with Gasteiger partial charge in [-0.25, -0.2) is 8.42 Å². The monoisotopic (exact) mass is 180 g/mol. The standard InChI is InChI=1S/C9H8O2S/c10-12(11)7-6-9(12)8-4-2-1-3-5-8/h1-7,9H. The molecule has 0 aromatic heterocycles. The highest BCUT2D eigenvalue weighted by Crippen LogP contribution is 2.32. The summed E-state index contributed by atoms with van der Waals surface area (Å²) in [7, 11) is -2.96. The van der Waals surface area contributed by atoms with Crippen molar-refractivity contribution in [3.63, 3.8) is 0 Å². The quantitative estimate of drug-likeness (QED) is 0.658. The van der Waals surface area contributed by atoms with Crippen molar-refractivity contribution in [3.8, 4) is 0 Å². The van der Waals surface area contributed by atoms with Crippen molar-refractivity contribution < 1.29 is 8.42 Å². The molecule has 1 atom stereocenters. The molecule has 0 saturated heterocycles. The second-order valence-corrected chi connectivity index (χ2v) is 4.71. The fourth-order valence-electron chi connectivity index (χ4n) is 1.23. The van der Waals surface area contributed by atoms with Gasteiger partial charge in [-0.05, 0) is 5.56 Å². The molecule has 1 aromatic rings. The van der Waals surface area contributed by atoms with E-state index in [0.29, 0.717) is 0 Å². The smallest absolute Gasteiger partial charge is 0.181 e. The Morgan fingerprint density at radius 1 is 1.08 bits per heavy atom. The largest absolute Gasteiger partial charge is 0.223 e. The Kier molecular flexibility index (Phi) is 1.54. The van der Waals surface area contributed by atoms with Crippen LogP contribution in [0.5, 0.6) is 0 Å². The van der Waals surface area contributed by atoms with Gasteiger partial charge < -0.3 is 0 Å². The maximum absolute atomic E-state index is 11.1. The Morgan fingerprint density at radius 2 is 1.75 bits per heavy atom. The average molecular weight is 180 g/mol. The van der Waals surface area contributed by atoms with Gasteiger partial charge in [0.15, 0.2) is 9.84 Å². The molecule has 1 heterocycles. The fourth-order valence-corrected chi connectivity index (χ4v) is 2.34. The summed E-state index contributed by atoms with van der Waals surface area (Å²) in [5.74, 6) is 0. The van der Waals surface area contributed by atoms with Gasteiger partial charge in [-0.15, -0.1) is 0 Å². The molecule has 1 aromatic carbocycles. The van der Waals surface area contributed by atoms with E-state index in [2.05, 4.69) is 0 Å². The maximum atomic E-state index is 11.1. The van der Waals surface area contributed by atoms with E-state index in [4.69, 9.17) is 0 Å². The van der Waals surface area contributed by atoms with Gasteiger partial charge >= 0.3 is 0 Å². The van der Waals surface area contributed by atoms with Crippen LogP contribution < -0.4 is 0 Å². The van der Waals surface area contributed by atoms with E-state index in [1.54, 1.807) is 6.08 Å². The van der Waals surface area contributed by atoms with Crippen LogP contribution in [-0.4, -0.2) is 8.42 Å². The van der Waals surface area contributed by atoms with Gasteiger partial charge in [0.1, 0.15) is 5.25 Å². The van der Waals surface area contributed by atoms with Gasteiger partial charge in [0.25, 0.3) is 0 Å². The SMILES string of the molecule is O=S1(=O)C=CC1c1ccccc1. The van der Waals surface area contributed by atoms with Gasteiger partial charge in [-0.2, -0.15) is 0 Å². The van der Waals surface area contributed by atoms with Crippen molar-refractivity contribution in [1.29, 1.82) is 0 Å². The Labute approximate surface area is 71.5 Å². The Morgan fingerprint density at radius 3 is 2.17 bits per heavy atom. The molecule has 1 aliphatic heterocycles. The molecule has 2 rings (SSSR count). The summed E-state index contributed by atoms with van der Waals surface area (Å²) < 4.78 is 22.3. The third-order valence-electron chi connectivity index (χ3n) is 1.93. The maximum Gasteiger partial charge on any atom is 0.181 e. The minimum absolute atomic E-state index is 0.404. The summed E-state index contributed by atoms with van der Waals surface area (Å²) >= 11 is 0. The summed E-state index contributed by atoms with van der Waals surface area (Å²) in [6, 6.07) is 9.21. The first kappa shape index (κ1) is 7.55. The first-order valence-corrected chi connectivity index (χ1v) is 5.28. The highest BCUT2D eigenvalue weighted by atomic mass is 32.2. The molecule has 0 bridgehead atoms. The van der Waals surface area contributed by atoms with Gasteiger partial charge in [-0.1, -0.05) is 36.4 Å². The Bertz CT molecular complexity index is 403. The van der Waals surface area contributed by atoms with Crippen molar-refractivity contribution in [2.24, 2.45) is 0 Å². The van der Waals surface area contributed by atoms with E-state index < -0.39 is 15.1 Å². The lowest BCUT2D eigenvalue weighted by Gasteiger charge is -2.18. The number of sulfone groups is 1. The van der Waals surface area contributed by atoms with E-state index in [1.807, 2.05) is 30.3 Å². The van der Waals surface area contributed by atoms with Crippen LogP contribution in [0, 0.1) is 0 Å². The first-order valence-electron chi connectivity index (χ1n) is 3.67.